The molecule has 198 valence electrons. The lowest BCUT2D eigenvalue weighted by Gasteiger charge is -2.12. The molecule has 2 heterocycles. The van der Waals surface area contributed by atoms with Gasteiger partial charge in [-0.05, 0) is 52.2 Å². The number of benzene rings is 6. The van der Waals surface area contributed by atoms with Crippen LogP contribution in [0.4, 0.5) is 0 Å². The molecule has 0 aliphatic rings. The van der Waals surface area contributed by atoms with Gasteiger partial charge in [0.1, 0.15) is 11.6 Å². The predicted octanol–water partition coefficient (Wildman–Crippen LogP) is 9.11. The second kappa shape index (κ2) is 9.86. The third-order valence-corrected chi connectivity index (χ3v) is 7.92. The number of aromatic nitrogens is 4. The molecule has 2 aromatic heterocycles. The van der Waals surface area contributed by atoms with Gasteiger partial charge in [0.2, 0.25) is 0 Å². The summed E-state index contributed by atoms with van der Waals surface area (Å²) in [5, 5.41) is 6.81. The van der Waals surface area contributed by atoms with Crippen LogP contribution in [0.1, 0.15) is 17.2 Å². The fourth-order valence-corrected chi connectivity index (χ4v) is 5.98. The maximum atomic E-state index is 5.14. The second-order valence-corrected chi connectivity index (χ2v) is 10.7. The van der Waals surface area contributed by atoms with E-state index in [0.717, 1.165) is 72.3 Å². The monoisotopic (exact) mass is 538 g/mol. The Morgan fingerprint density at radius 2 is 1.17 bits per heavy atom. The Kier molecular flexibility index (Phi) is 5.71. The summed E-state index contributed by atoms with van der Waals surface area (Å²) in [6, 6.07) is 44.5. The molecule has 4 heteroatoms. The molecule has 0 amide bonds. The molecule has 8 aromatic rings. The number of aryl methyl sites for hydroxylation is 1. The van der Waals surface area contributed by atoms with Crippen LogP contribution in [-0.2, 0) is 6.42 Å². The van der Waals surface area contributed by atoms with E-state index in [1.807, 2.05) is 19.1 Å². The first-order valence-electron chi connectivity index (χ1n) is 14.2. The first-order chi connectivity index (χ1) is 20.7. The normalized spacial score (nSPS) is 11.5. The van der Waals surface area contributed by atoms with E-state index in [-0.39, 0.29) is 0 Å². The Hall–Kier alpha value is -5.48. The minimum atomic E-state index is 0.631. The average molecular weight is 539 g/mol. The lowest BCUT2D eigenvalue weighted by atomic mass is 9.97. The molecule has 6 aromatic carbocycles. The highest BCUT2D eigenvalue weighted by Gasteiger charge is 2.14. The van der Waals surface area contributed by atoms with Gasteiger partial charge in [-0.15, -0.1) is 0 Å². The van der Waals surface area contributed by atoms with Crippen LogP contribution in [0.25, 0.3) is 65.9 Å². The van der Waals surface area contributed by atoms with Gasteiger partial charge in [0.15, 0.2) is 0 Å². The van der Waals surface area contributed by atoms with Crippen molar-refractivity contribution in [1.29, 1.82) is 0 Å². The van der Waals surface area contributed by atoms with Crippen LogP contribution in [0.3, 0.4) is 0 Å². The van der Waals surface area contributed by atoms with Gasteiger partial charge in [0.05, 0.1) is 22.4 Å². The van der Waals surface area contributed by atoms with E-state index in [1.54, 1.807) is 0 Å². The number of hydrogen-bond donors (Lipinski definition) is 0. The number of rotatable bonds is 4. The largest absolute Gasteiger partial charge is 0.233 e. The molecule has 0 fully saturated rings. The molecule has 42 heavy (non-hydrogen) atoms. The van der Waals surface area contributed by atoms with Crippen molar-refractivity contribution >= 4 is 43.4 Å². The molecule has 0 atom stereocenters. The van der Waals surface area contributed by atoms with Crippen LogP contribution in [0, 0.1) is 6.92 Å². The zero-order chi connectivity index (χ0) is 28.0. The van der Waals surface area contributed by atoms with Crippen LogP contribution in [0.15, 0.2) is 127 Å². The van der Waals surface area contributed by atoms with Gasteiger partial charge >= 0.3 is 0 Å². The molecule has 8 rings (SSSR count). The Bertz CT molecular complexity index is 2280. The number of hydrogen-bond acceptors (Lipinski definition) is 4. The second-order valence-electron chi connectivity index (χ2n) is 10.7. The lowest BCUT2D eigenvalue weighted by Crippen LogP contribution is -2.01. The highest BCUT2D eigenvalue weighted by Crippen LogP contribution is 2.34. The summed E-state index contributed by atoms with van der Waals surface area (Å²) in [5.41, 5.74) is 7.20. The van der Waals surface area contributed by atoms with Gasteiger partial charge in [-0.2, -0.15) is 0 Å². The zero-order valence-corrected chi connectivity index (χ0v) is 23.1. The Morgan fingerprint density at radius 3 is 1.93 bits per heavy atom. The smallest absolute Gasteiger partial charge is 0.134 e. The van der Waals surface area contributed by atoms with Crippen molar-refractivity contribution in [3.63, 3.8) is 0 Å². The standard InChI is InChI=1S/C38H26N4/c1-24-39-33-19-17-30-20-25(16-18-31(30)36(33)38(40-24)27-12-6-3-7-13-27)21-35-41-34-23-29-15-9-8-14-28(29)22-32(34)37(42-35)26-10-4-2-5-11-26/h2-20,22-23H,21H2,1H3. The minimum Gasteiger partial charge on any atom is -0.233 e. The van der Waals surface area contributed by atoms with Gasteiger partial charge < -0.3 is 0 Å². The van der Waals surface area contributed by atoms with Crippen molar-refractivity contribution < 1.29 is 0 Å². The highest BCUT2D eigenvalue weighted by atomic mass is 14.9. The maximum Gasteiger partial charge on any atom is 0.134 e. The summed E-state index contributed by atoms with van der Waals surface area (Å²) in [6.07, 6.45) is 0.631. The minimum absolute atomic E-state index is 0.631. The SMILES string of the molecule is Cc1nc(-c2ccccc2)c2c(ccc3cc(Cc4nc(-c5ccccc5)c5cc6ccccc6cc5n4)ccc32)n1. The Labute approximate surface area is 243 Å². The zero-order valence-electron chi connectivity index (χ0n) is 23.1. The predicted molar refractivity (Wildman–Crippen MR) is 173 cm³/mol. The van der Waals surface area contributed by atoms with Crippen LogP contribution in [0.2, 0.25) is 0 Å². The molecular weight excluding hydrogens is 512 g/mol. The molecule has 0 saturated carbocycles. The molecule has 0 aliphatic carbocycles. The van der Waals surface area contributed by atoms with E-state index in [0.29, 0.717) is 6.42 Å². The topological polar surface area (TPSA) is 51.6 Å². The highest BCUT2D eigenvalue weighted by molar-refractivity contribution is 6.12. The van der Waals surface area contributed by atoms with Crippen LogP contribution < -0.4 is 0 Å². The first kappa shape index (κ1) is 24.3. The average Bonchev–Trinajstić information content (AvgIpc) is 3.03. The molecule has 0 aliphatic heterocycles. The lowest BCUT2D eigenvalue weighted by molar-refractivity contribution is 0.998. The summed E-state index contributed by atoms with van der Waals surface area (Å²) in [6.45, 7) is 1.95. The molecule has 0 bridgehead atoms. The fourth-order valence-electron chi connectivity index (χ4n) is 5.98. The molecule has 0 unspecified atom stereocenters. The van der Waals surface area contributed by atoms with E-state index >= 15 is 0 Å². The summed E-state index contributed by atoms with van der Waals surface area (Å²) in [4.78, 5) is 19.8. The van der Waals surface area contributed by atoms with Crippen LogP contribution in [0.5, 0.6) is 0 Å². The van der Waals surface area contributed by atoms with E-state index in [9.17, 15) is 0 Å². The van der Waals surface area contributed by atoms with Crippen molar-refractivity contribution in [2.24, 2.45) is 0 Å². The summed E-state index contributed by atoms with van der Waals surface area (Å²) < 4.78 is 0. The van der Waals surface area contributed by atoms with Crippen molar-refractivity contribution in [3.05, 3.63) is 145 Å². The third kappa shape index (κ3) is 4.25. The molecule has 0 radical (unpaired) electrons. The van der Waals surface area contributed by atoms with Crippen LogP contribution in [-0.4, -0.2) is 19.9 Å². The van der Waals surface area contributed by atoms with Crippen LogP contribution >= 0.6 is 0 Å². The van der Waals surface area contributed by atoms with Crippen molar-refractivity contribution in [3.8, 4) is 22.5 Å². The summed E-state index contributed by atoms with van der Waals surface area (Å²) in [7, 11) is 0. The molecule has 0 saturated heterocycles. The summed E-state index contributed by atoms with van der Waals surface area (Å²) >= 11 is 0. The van der Waals surface area contributed by atoms with Gasteiger partial charge in [-0.1, -0.05) is 109 Å². The number of fused-ring (bicyclic) bond motifs is 5. The van der Waals surface area contributed by atoms with Gasteiger partial charge in [-0.3, -0.25) is 0 Å². The van der Waals surface area contributed by atoms with E-state index < -0.39 is 0 Å². The van der Waals surface area contributed by atoms with E-state index in [1.165, 1.54) is 10.8 Å². The molecule has 4 nitrogen and oxygen atoms in total. The van der Waals surface area contributed by atoms with Crippen molar-refractivity contribution in [1.82, 2.24) is 19.9 Å². The Balaban J connectivity index is 1.27. The Morgan fingerprint density at radius 1 is 0.476 bits per heavy atom. The van der Waals surface area contributed by atoms with Crippen molar-refractivity contribution in [2.75, 3.05) is 0 Å². The third-order valence-electron chi connectivity index (χ3n) is 7.92. The van der Waals surface area contributed by atoms with E-state index in [2.05, 4.69) is 115 Å². The van der Waals surface area contributed by atoms with Gasteiger partial charge in [0.25, 0.3) is 0 Å². The quantitative estimate of drug-likeness (QED) is 0.166. The maximum absolute atomic E-state index is 5.14. The van der Waals surface area contributed by atoms with Crippen molar-refractivity contribution in [2.45, 2.75) is 13.3 Å². The molecular formula is C38H26N4. The fraction of sp³-hybridized carbons (Fsp3) is 0.0526. The first-order valence-corrected chi connectivity index (χ1v) is 14.2. The molecule has 0 spiro atoms. The molecule has 0 N–H and O–H groups in total. The van der Waals surface area contributed by atoms with E-state index in [4.69, 9.17) is 19.9 Å². The van der Waals surface area contributed by atoms with Gasteiger partial charge in [0, 0.05) is 28.3 Å². The summed E-state index contributed by atoms with van der Waals surface area (Å²) in [5.74, 6) is 1.58. The number of nitrogens with zero attached hydrogens (tertiary/aromatic N) is 4. The van der Waals surface area contributed by atoms with Gasteiger partial charge in [-0.25, -0.2) is 19.9 Å².